The van der Waals surface area contributed by atoms with E-state index < -0.39 is 0 Å². The van der Waals surface area contributed by atoms with Crippen molar-refractivity contribution in [3.05, 3.63) is 29.3 Å². The molecule has 0 radical (unpaired) electrons. The molecular weight excluding hydrogens is 192 g/mol. The van der Waals surface area contributed by atoms with Gasteiger partial charge in [0.15, 0.2) is 17.3 Å². The molecule has 3 nitrogen and oxygen atoms in total. The average Bonchev–Trinajstić information content (AvgIpc) is 2.20. The molecule has 0 heterocycles. The molecule has 0 saturated heterocycles. The first-order valence-corrected chi connectivity index (χ1v) is 4.61. The summed E-state index contributed by atoms with van der Waals surface area (Å²) < 4.78 is 4.96. The van der Waals surface area contributed by atoms with Gasteiger partial charge in [0.1, 0.15) is 0 Å². The van der Waals surface area contributed by atoms with Crippen LogP contribution in [0.1, 0.15) is 19.4 Å². The number of phenols is 1. The van der Waals surface area contributed by atoms with E-state index in [1.165, 1.54) is 20.1 Å². The summed E-state index contributed by atoms with van der Waals surface area (Å²) in [6.45, 7) is 3.27. The van der Waals surface area contributed by atoms with E-state index in [4.69, 9.17) is 4.74 Å². The molecule has 1 aromatic carbocycles. The van der Waals surface area contributed by atoms with Crippen molar-refractivity contribution in [2.24, 2.45) is 0 Å². The van der Waals surface area contributed by atoms with E-state index in [1.54, 1.807) is 25.1 Å². The number of ether oxygens (including phenoxy) is 1. The van der Waals surface area contributed by atoms with Crippen LogP contribution in [0, 0.1) is 0 Å². The Morgan fingerprint density at radius 1 is 1.40 bits per heavy atom. The fourth-order valence-electron chi connectivity index (χ4n) is 1.14. The van der Waals surface area contributed by atoms with E-state index in [9.17, 15) is 9.90 Å². The summed E-state index contributed by atoms with van der Waals surface area (Å²) in [6, 6.07) is 4.95. The number of ketones is 1. The predicted molar refractivity (Wildman–Crippen MR) is 59.0 cm³/mol. The van der Waals surface area contributed by atoms with Crippen LogP contribution in [-0.4, -0.2) is 18.0 Å². The maximum absolute atomic E-state index is 11.0. The van der Waals surface area contributed by atoms with Gasteiger partial charge in [-0.3, -0.25) is 4.79 Å². The third-order valence-electron chi connectivity index (χ3n) is 2.14. The van der Waals surface area contributed by atoms with Gasteiger partial charge in [0.05, 0.1) is 7.11 Å². The van der Waals surface area contributed by atoms with Crippen LogP contribution in [0.25, 0.3) is 6.08 Å². The van der Waals surface area contributed by atoms with Gasteiger partial charge in [0.2, 0.25) is 0 Å². The van der Waals surface area contributed by atoms with Crippen LogP contribution < -0.4 is 4.74 Å². The summed E-state index contributed by atoms with van der Waals surface area (Å²) in [7, 11) is 1.49. The van der Waals surface area contributed by atoms with Gasteiger partial charge < -0.3 is 9.84 Å². The molecule has 3 heteroatoms. The van der Waals surface area contributed by atoms with Crippen molar-refractivity contribution >= 4 is 11.9 Å². The molecule has 15 heavy (non-hydrogen) atoms. The summed E-state index contributed by atoms with van der Waals surface area (Å²) in [5.41, 5.74) is 1.50. The number of Topliss-reactive ketones (excluding diaryl/α,β-unsaturated/α-hetero) is 1. The number of allylic oxidation sites excluding steroid dienone is 1. The molecule has 0 bridgehead atoms. The molecule has 0 saturated carbocycles. The molecular formula is C12H14O3. The minimum absolute atomic E-state index is 0.0297. The molecule has 0 aliphatic carbocycles. The topological polar surface area (TPSA) is 46.5 Å². The highest BCUT2D eigenvalue weighted by atomic mass is 16.5. The minimum Gasteiger partial charge on any atom is -0.504 e. The minimum atomic E-state index is 0.0297. The summed E-state index contributed by atoms with van der Waals surface area (Å²) in [5, 5.41) is 9.37. The van der Waals surface area contributed by atoms with Crippen molar-refractivity contribution in [3.8, 4) is 11.5 Å². The van der Waals surface area contributed by atoms with Crippen molar-refractivity contribution in [1.29, 1.82) is 0 Å². The standard InChI is InChI=1S/C12H14O3/c1-8(9(2)13)6-10-4-5-11(14)12(7-10)15-3/h4-7,14H,1-3H3/b8-6-. The Morgan fingerprint density at radius 2 is 2.07 bits per heavy atom. The fourth-order valence-corrected chi connectivity index (χ4v) is 1.14. The van der Waals surface area contributed by atoms with Crippen LogP contribution in [-0.2, 0) is 4.79 Å². The Balaban J connectivity index is 3.07. The zero-order valence-corrected chi connectivity index (χ0v) is 9.07. The average molecular weight is 206 g/mol. The number of hydrogen-bond acceptors (Lipinski definition) is 3. The third-order valence-corrected chi connectivity index (χ3v) is 2.14. The lowest BCUT2D eigenvalue weighted by Gasteiger charge is -2.04. The quantitative estimate of drug-likeness (QED) is 0.772. The van der Waals surface area contributed by atoms with E-state index in [0.29, 0.717) is 11.3 Å². The van der Waals surface area contributed by atoms with Crippen LogP contribution in [0.4, 0.5) is 0 Å². The summed E-state index contributed by atoms with van der Waals surface area (Å²) >= 11 is 0. The van der Waals surface area contributed by atoms with Gasteiger partial charge in [0.25, 0.3) is 0 Å². The Bertz CT molecular complexity index is 405. The van der Waals surface area contributed by atoms with Crippen LogP contribution in [0.3, 0.4) is 0 Å². The number of phenolic OH excluding ortho intramolecular Hbond substituents is 1. The largest absolute Gasteiger partial charge is 0.504 e. The number of carbonyl (C=O) groups is 1. The molecule has 0 fully saturated rings. The molecule has 1 rings (SSSR count). The van der Waals surface area contributed by atoms with Gasteiger partial charge in [-0.2, -0.15) is 0 Å². The molecule has 0 unspecified atom stereocenters. The lowest BCUT2D eigenvalue weighted by Crippen LogP contribution is -1.91. The maximum atomic E-state index is 11.0. The number of aromatic hydroxyl groups is 1. The van der Waals surface area contributed by atoms with Crippen molar-refractivity contribution in [3.63, 3.8) is 0 Å². The van der Waals surface area contributed by atoms with Crippen molar-refractivity contribution in [1.82, 2.24) is 0 Å². The van der Waals surface area contributed by atoms with Crippen LogP contribution >= 0.6 is 0 Å². The highest BCUT2D eigenvalue weighted by Crippen LogP contribution is 2.27. The first-order valence-electron chi connectivity index (χ1n) is 4.61. The zero-order chi connectivity index (χ0) is 11.4. The molecule has 80 valence electrons. The SMILES string of the molecule is COc1cc(/C=C(/C)C(C)=O)ccc1O. The number of carbonyl (C=O) groups excluding carboxylic acids is 1. The van der Waals surface area contributed by atoms with E-state index in [-0.39, 0.29) is 11.5 Å². The lowest BCUT2D eigenvalue weighted by atomic mass is 10.1. The van der Waals surface area contributed by atoms with E-state index in [0.717, 1.165) is 5.56 Å². The smallest absolute Gasteiger partial charge is 0.161 e. The molecule has 1 N–H and O–H groups in total. The van der Waals surface area contributed by atoms with Gasteiger partial charge >= 0.3 is 0 Å². The van der Waals surface area contributed by atoms with E-state index >= 15 is 0 Å². The third kappa shape index (κ3) is 2.84. The molecule has 0 spiro atoms. The molecule has 0 amide bonds. The maximum Gasteiger partial charge on any atom is 0.161 e. The molecule has 0 atom stereocenters. The Kier molecular flexibility index (Phi) is 3.50. The van der Waals surface area contributed by atoms with Gasteiger partial charge in [0, 0.05) is 0 Å². The Hall–Kier alpha value is -1.77. The first kappa shape index (κ1) is 11.3. The van der Waals surface area contributed by atoms with Gasteiger partial charge in [-0.25, -0.2) is 0 Å². The van der Waals surface area contributed by atoms with Crippen molar-refractivity contribution in [2.75, 3.05) is 7.11 Å². The molecule has 0 aliphatic heterocycles. The fraction of sp³-hybridized carbons (Fsp3) is 0.250. The first-order chi connectivity index (χ1) is 7.04. The second-order valence-corrected chi connectivity index (χ2v) is 3.31. The van der Waals surface area contributed by atoms with Crippen LogP contribution in [0.5, 0.6) is 11.5 Å². The summed E-state index contributed by atoms with van der Waals surface area (Å²) in [5.74, 6) is 0.525. The monoisotopic (exact) mass is 206 g/mol. The molecule has 0 aromatic heterocycles. The number of hydrogen-bond donors (Lipinski definition) is 1. The zero-order valence-electron chi connectivity index (χ0n) is 9.07. The van der Waals surface area contributed by atoms with Gasteiger partial charge in [-0.1, -0.05) is 6.07 Å². The van der Waals surface area contributed by atoms with Crippen molar-refractivity contribution < 1.29 is 14.6 Å². The molecule has 0 aliphatic rings. The van der Waals surface area contributed by atoms with Crippen LogP contribution in [0.15, 0.2) is 23.8 Å². The number of rotatable bonds is 3. The normalized spacial score (nSPS) is 11.3. The Morgan fingerprint density at radius 3 is 2.60 bits per heavy atom. The second kappa shape index (κ2) is 4.64. The summed E-state index contributed by atoms with van der Waals surface area (Å²) in [6.07, 6.45) is 1.75. The summed E-state index contributed by atoms with van der Waals surface area (Å²) in [4.78, 5) is 11.0. The van der Waals surface area contributed by atoms with E-state index in [2.05, 4.69) is 0 Å². The second-order valence-electron chi connectivity index (χ2n) is 3.31. The molecule has 1 aromatic rings. The van der Waals surface area contributed by atoms with Gasteiger partial charge in [-0.05, 0) is 43.2 Å². The predicted octanol–water partition coefficient (Wildman–Crippen LogP) is 2.39. The lowest BCUT2D eigenvalue weighted by molar-refractivity contribution is -0.113. The highest BCUT2D eigenvalue weighted by molar-refractivity contribution is 5.97. The van der Waals surface area contributed by atoms with E-state index in [1.807, 2.05) is 0 Å². The number of methoxy groups -OCH3 is 1. The van der Waals surface area contributed by atoms with Crippen molar-refractivity contribution in [2.45, 2.75) is 13.8 Å². The van der Waals surface area contributed by atoms with Crippen LogP contribution in [0.2, 0.25) is 0 Å². The number of benzene rings is 1. The highest BCUT2D eigenvalue weighted by Gasteiger charge is 2.02. The Labute approximate surface area is 89.0 Å². The van der Waals surface area contributed by atoms with Gasteiger partial charge in [-0.15, -0.1) is 0 Å².